The molecule has 0 aliphatic heterocycles. The summed E-state index contributed by atoms with van der Waals surface area (Å²) < 4.78 is 13.3. The zero-order chi connectivity index (χ0) is 30.7. The molecule has 0 aliphatic rings. The summed E-state index contributed by atoms with van der Waals surface area (Å²) in [5.74, 6) is 2.10. The van der Waals surface area contributed by atoms with Crippen LogP contribution in [0.2, 0.25) is 5.02 Å². The standard InChI is InChI=1S/C35H35ClN4O3/c1-22(2)29-19-30(23(3)17-33(29)42-6)34-38-31-10-8-7-9-28(31)35(41)40(34)37-20-25-13-16-27(39(4)5)18-32(25)43-21-24-11-14-26(36)15-12-24/h7-20,22H,21H2,1-6H3. The summed E-state index contributed by atoms with van der Waals surface area (Å²) in [4.78, 5) is 20.8. The molecule has 0 saturated heterocycles. The molecule has 0 fully saturated rings. The van der Waals surface area contributed by atoms with E-state index in [1.54, 1.807) is 19.4 Å². The Labute approximate surface area is 257 Å². The van der Waals surface area contributed by atoms with Gasteiger partial charge in [-0.2, -0.15) is 9.78 Å². The molecule has 5 aromatic rings. The number of aromatic nitrogens is 2. The maximum absolute atomic E-state index is 13.9. The number of anilines is 1. The summed E-state index contributed by atoms with van der Waals surface area (Å²) in [6, 6.07) is 24.8. The second-order valence-corrected chi connectivity index (χ2v) is 11.3. The molecule has 0 amide bonds. The molecule has 0 unspecified atom stereocenters. The highest BCUT2D eigenvalue weighted by Gasteiger charge is 2.18. The molecule has 0 saturated carbocycles. The van der Waals surface area contributed by atoms with Gasteiger partial charge >= 0.3 is 0 Å². The lowest BCUT2D eigenvalue weighted by molar-refractivity contribution is 0.306. The number of methoxy groups -OCH3 is 1. The molecule has 220 valence electrons. The molecule has 4 aromatic carbocycles. The van der Waals surface area contributed by atoms with Crippen LogP contribution in [0.5, 0.6) is 11.5 Å². The number of fused-ring (bicyclic) bond motifs is 1. The minimum atomic E-state index is -0.258. The third-order valence-electron chi connectivity index (χ3n) is 7.33. The van der Waals surface area contributed by atoms with E-state index in [4.69, 9.17) is 31.2 Å². The average Bonchev–Trinajstić information content (AvgIpc) is 3.00. The van der Waals surface area contributed by atoms with Gasteiger partial charge in [-0.3, -0.25) is 4.79 Å². The van der Waals surface area contributed by atoms with Gasteiger partial charge in [-0.25, -0.2) is 4.98 Å². The Balaban J connectivity index is 1.64. The van der Waals surface area contributed by atoms with Gasteiger partial charge in [0.1, 0.15) is 18.1 Å². The van der Waals surface area contributed by atoms with Crippen molar-refractivity contribution in [1.29, 1.82) is 0 Å². The smallest absolute Gasteiger partial charge is 0.282 e. The van der Waals surface area contributed by atoms with E-state index in [1.165, 1.54) is 4.68 Å². The maximum Gasteiger partial charge on any atom is 0.282 e. The van der Waals surface area contributed by atoms with Crippen LogP contribution < -0.4 is 19.9 Å². The maximum atomic E-state index is 13.9. The van der Waals surface area contributed by atoms with Crippen LogP contribution in [0.3, 0.4) is 0 Å². The van der Waals surface area contributed by atoms with E-state index in [1.807, 2.05) is 98.7 Å². The minimum Gasteiger partial charge on any atom is -0.496 e. The lowest BCUT2D eigenvalue weighted by atomic mass is 9.96. The predicted molar refractivity (Wildman–Crippen MR) is 176 cm³/mol. The number of aryl methyl sites for hydroxylation is 1. The van der Waals surface area contributed by atoms with Gasteiger partial charge in [0.2, 0.25) is 0 Å². The third-order valence-corrected chi connectivity index (χ3v) is 7.58. The van der Waals surface area contributed by atoms with E-state index in [9.17, 15) is 4.79 Å². The first-order valence-corrected chi connectivity index (χ1v) is 14.5. The van der Waals surface area contributed by atoms with Gasteiger partial charge in [0.05, 0.1) is 24.2 Å². The molecule has 8 heteroatoms. The molecule has 1 heterocycles. The summed E-state index contributed by atoms with van der Waals surface area (Å²) >= 11 is 6.06. The molecular formula is C35H35ClN4O3. The Kier molecular flexibility index (Phi) is 8.83. The SMILES string of the molecule is COc1cc(C)c(-c2nc3ccccc3c(=O)n2N=Cc2ccc(N(C)C)cc2OCc2ccc(Cl)cc2)cc1C(C)C. The summed E-state index contributed by atoms with van der Waals surface area (Å²) in [6.45, 7) is 6.55. The second kappa shape index (κ2) is 12.7. The predicted octanol–water partition coefficient (Wildman–Crippen LogP) is 7.68. The van der Waals surface area contributed by atoms with E-state index in [0.717, 1.165) is 39.3 Å². The Morgan fingerprint density at radius 2 is 1.74 bits per heavy atom. The molecule has 0 spiro atoms. The number of para-hydroxylation sites is 1. The van der Waals surface area contributed by atoms with Crippen LogP contribution in [0.25, 0.3) is 22.3 Å². The molecular weight excluding hydrogens is 560 g/mol. The van der Waals surface area contributed by atoms with Gasteiger partial charge in [-0.05, 0) is 78.1 Å². The van der Waals surface area contributed by atoms with Crippen molar-refractivity contribution < 1.29 is 9.47 Å². The highest BCUT2D eigenvalue weighted by molar-refractivity contribution is 6.30. The first kappa shape index (κ1) is 29.9. The molecule has 43 heavy (non-hydrogen) atoms. The Bertz CT molecular complexity index is 1860. The molecule has 0 radical (unpaired) electrons. The molecule has 0 aliphatic carbocycles. The van der Waals surface area contributed by atoms with Gasteiger partial charge in [0, 0.05) is 42.0 Å². The van der Waals surface area contributed by atoms with Crippen molar-refractivity contribution in [2.45, 2.75) is 33.3 Å². The minimum absolute atomic E-state index is 0.203. The van der Waals surface area contributed by atoms with E-state index in [-0.39, 0.29) is 11.5 Å². The first-order valence-electron chi connectivity index (χ1n) is 14.1. The van der Waals surface area contributed by atoms with Crippen molar-refractivity contribution in [3.05, 3.63) is 116 Å². The number of hydrogen-bond donors (Lipinski definition) is 0. The number of ether oxygens (including phenoxy) is 2. The van der Waals surface area contributed by atoms with Crippen LogP contribution >= 0.6 is 11.6 Å². The second-order valence-electron chi connectivity index (χ2n) is 10.9. The van der Waals surface area contributed by atoms with Crippen LogP contribution in [-0.2, 0) is 6.61 Å². The van der Waals surface area contributed by atoms with Crippen molar-refractivity contribution in [2.24, 2.45) is 5.10 Å². The monoisotopic (exact) mass is 594 g/mol. The van der Waals surface area contributed by atoms with Crippen LogP contribution in [-0.4, -0.2) is 37.1 Å². The molecule has 0 bridgehead atoms. The Morgan fingerprint density at radius 3 is 2.44 bits per heavy atom. The van der Waals surface area contributed by atoms with E-state index in [2.05, 4.69) is 13.8 Å². The number of rotatable bonds is 9. The van der Waals surface area contributed by atoms with Crippen LogP contribution in [0.15, 0.2) is 88.8 Å². The number of halogens is 1. The van der Waals surface area contributed by atoms with Gasteiger partial charge in [0.15, 0.2) is 5.82 Å². The molecule has 0 N–H and O–H groups in total. The van der Waals surface area contributed by atoms with Crippen molar-refractivity contribution in [3.63, 3.8) is 0 Å². The third kappa shape index (κ3) is 6.42. The summed E-state index contributed by atoms with van der Waals surface area (Å²) in [5, 5.41) is 5.89. The van der Waals surface area contributed by atoms with Crippen molar-refractivity contribution in [2.75, 3.05) is 26.1 Å². The highest BCUT2D eigenvalue weighted by Crippen LogP contribution is 2.34. The fourth-order valence-electron chi connectivity index (χ4n) is 4.87. The lowest BCUT2D eigenvalue weighted by Crippen LogP contribution is -2.21. The molecule has 7 nitrogen and oxygen atoms in total. The Hall–Kier alpha value is -4.62. The highest BCUT2D eigenvalue weighted by atomic mass is 35.5. The fourth-order valence-corrected chi connectivity index (χ4v) is 4.99. The number of nitrogens with zero attached hydrogens (tertiary/aromatic N) is 4. The summed E-state index contributed by atoms with van der Waals surface area (Å²) in [5.41, 5.74) is 5.79. The Morgan fingerprint density at radius 1 is 1.00 bits per heavy atom. The van der Waals surface area contributed by atoms with E-state index >= 15 is 0 Å². The normalized spacial score (nSPS) is 11.4. The van der Waals surface area contributed by atoms with E-state index < -0.39 is 0 Å². The fraction of sp³-hybridized carbons (Fsp3) is 0.229. The summed E-state index contributed by atoms with van der Waals surface area (Å²) in [7, 11) is 5.62. The van der Waals surface area contributed by atoms with Crippen molar-refractivity contribution in [3.8, 4) is 22.9 Å². The molecule has 5 rings (SSSR count). The zero-order valence-corrected chi connectivity index (χ0v) is 26.0. The van der Waals surface area contributed by atoms with Crippen molar-refractivity contribution in [1.82, 2.24) is 9.66 Å². The van der Waals surface area contributed by atoms with Gasteiger partial charge in [0.25, 0.3) is 5.56 Å². The molecule has 1 aromatic heterocycles. The summed E-state index contributed by atoms with van der Waals surface area (Å²) in [6.07, 6.45) is 1.65. The topological polar surface area (TPSA) is 69.0 Å². The van der Waals surface area contributed by atoms with E-state index in [0.29, 0.717) is 34.1 Å². The zero-order valence-electron chi connectivity index (χ0n) is 25.3. The quantitative estimate of drug-likeness (QED) is 0.164. The van der Waals surface area contributed by atoms with Gasteiger partial charge < -0.3 is 14.4 Å². The largest absolute Gasteiger partial charge is 0.496 e. The number of benzene rings is 4. The van der Waals surface area contributed by atoms with Crippen molar-refractivity contribution >= 4 is 34.4 Å². The van der Waals surface area contributed by atoms with Crippen LogP contribution in [0.1, 0.15) is 42.0 Å². The lowest BCUT2D eigenvalue weighted by Gasteiger charge is -2.18. The van der Waals surface area contributed by atoms with Gasteiger partial charge in [-0.15, -0.1) is 0 Å². The number of hydrogen-bond acceptors (Lipinski definition) is 6. The average molecular weight is 595 g/mol. The first-order chi connectivity index (χ1) is 20.7. The van der Waals surface area contributed by atoms with Crippen LogP contribution in [0, 0.1) is 6.92 Å². The van der Waals surface area contributed by atoms with Crippen LogP contribution in [0.4, 0.5) is 5.69 Å². The molecule has 0 atom stereocenters. The van der Waals surface area contributed by atoms with Gasteiger partial charge in [-0.1, -0.05) is 49.7 Å².